The zero-order valence-electron chi connectivity index (χ0n) is 8.78. The standard InChI is InChI=1S/C8H7O.C3H7O.Co.O/c1-7(9)8-5-3-2-4-6-8;1-3-4-2;;/h3-6H,1H3;1,3H2,2H3;;/q2*-1;;. The van der Waals surface area contributed by atoms with E-state index in [-0.39, 0.29) is 5.78 Å². The van der Waals surface area contributed by atoms with Gasteiger partial charge in [-0.3, -0.25) is 4.79 Å². The number of ether oxygens (including phenoxy) is 1. The van der Waals surface area contributed by atoms with Gasteiger partial charge in [0.15, 0.2) is 0 Å². The van der Waals surface area contributed by atoms with Crippen LogP contribution in [-0.4, -0.2) is 19.5 Å². The molecule has 0 amide bonds. The van der Waals surface area contributed by atoms with Gasteiger partial charge in [0.2, 0.25) is 0 Å². The summed E-state index contributed by atoms with van der Waals surface area (Å²) in [4.78, 5) is 10.6. The molecule has 0 aliphatic carbocycles. The van der Waals surface area contributed by atoms with Gasteiger partial charge in [0.1, 0.15) is 5.78 Å². The maximum atomic E-state index is 10.6. The van der Waals surface area contributed by atoms with Gasteiger partial charge < -0.3 is 11.7 Å². The van der Waals surface area contributed by atoms with Crippen molar-refractivity contribution < 1.29 is 29.1 Å². The molecule has 0 aliphatic heterocycles. The van der Waals surface area contributed by atoms with Crippen molar-refractivity contribution in [1.82, 2.24) is 0 Å². The van der Waals surface area contributed by atoms with Crippen molar-refractivity contribution >= 4 is 5.78 Å². The van der Waals surface area contributed by atoms with Crippen molar-refractivity contribution in [3.8, 4) is 0 Å². The summed E-state index contributed by atoms with van der Waals surface area (Å²) in [7, 11) is 1.62. The van der Waals surface area contributed by atoms with Crippen LogP contribution in [0.5, 0.6) is 0 Å². The third-order valence-corrected chi connectivity index (χ3v) is 1.33. The predicted molar refractivity (Wildman–Crippen MR) is 53.2 cm³/mol. The van der Waals surface area contributed by atoms with Crippen molar-refractivity contribution in [2.45, 2.75) is 6.92 Å². The van der Waals surface area contributed by atoms with E-state index >= 15 is 0 Å². The van der Waals surface area contributed by atoms with Gasteiger partial charge in [0, 0.05) is 7.11 Å². The second-order valence-electron chi connectivity index (χ2n) is 2.34. The van der Waals surface area contributed by atoms with Gasteiger partial charge in [-0.05, 0) is 6.92 Å². The average molecular weight is 253 g/mol. The third kappa shape index (κ3) is 11.1. The minimum atomic E-state index is 0.101. The molecule has 87 valence electrons. The van der Waals surface area contributed by atoms with Crippen LogP contribution in [0.1, 0.15) is 17.3 Å². The predicted octanol–water partition coefficient (Wildman–Crippen LogP) is 2.03. The van der Waals surface area contributed by atoms with E-state index in [0.717, 1.165) is 5.56 Å². The van der Waals surface area contributed by atoms with E-state index < -0.39 is 0 Å². The second-order valence-corrected chi connectivity index (χ2v) is 2.34. The molecule has 0 N–H and O–H groups in total. The fraction of sp³-hybridized carbons (Fsp3) is 0.273. The first-order valence-corrected chi connectivity index (χ1v) is 4.53. The Morgan fingerprint density at radius 3 is 2.07 bits per heavy atom. The van der Waals surface area contributed by atoms with Crippen molar-refractivity contribution in [2.24, 2.45) is 0 Å². The molecule has 0 unspecified atom stereocenters. The Hall–Kier alpha value is -0.844. The number of carbonyl (C=O) groups is 1. The van der Waals surface area contributed by atoms with Crippen molar-refractivity contribution in [2.75, 3.05) is 13.7 Å². The molecular weight excluding hydrogens is 239 g/mol. The zero-order valence-corrected chi connectivity index (χ0v) is 9.82. The van der Waals surface area contributed by atoms with Crippen LogP contribution in [0.15, 0.2) is 24.3 Å². The number of hydrogen-bond acceptors (Lipinski definition) is 3. The fourth-order valence-electron chi connectivity index (χ4n) is 0.622. The Bertz CT molecular complexity index is 247. The number of benzene rings is 1. The molecule has 1 aromatic carbocycles. The Balaban J connectivity index is 0. The first kappa shape index (κ1) is 16.6. The van der Waals surface area contributed by atoms with E-state index in [9.17, 15) is 4.79 Å². The molecule has 1 rings (SSSR count). The molecule has 0 heterocycles. The number of methoxy groups -OCH3 is 1. The zero-order chi connectivity index (χ0) is 12.1. The molecule has 1 aromatic rings. The van der Waals surface area contributed by atoms with Crippen LogP contribution in [0, 0.1) is 13.0 Å². The first-order valence-electron chi connectivity index (χ1n) is 4.11. The molecule has 0 bridgehead atoms. The van der Waals surface area contributed by atoms with Gasteiger partial charge >= 0.3 is 19.5 Å². The van der Waals surface area contributed by atoms with Gasteiger partial charge in [0.25, 0.3) is 0 Å². The Morgan fingerprint density at radius 1 is 1.47 bits per heavy atom. The van der Waals surface area contributed by atoms with Gasteiger partial charge in [-0.15, -0.1) is 0 Å². The Labute approximate surface area is 98.6 Å². The van der Waals surface area contributed by atoms with E-state index in [1.165, 1.54) is 0 Å². The molecule has 0 saturated heterocycles. The van der Waals surface area contributed by atoms with Crippen LogP contribution in [0.4, 0.5) is 0 Å². The molecule has 4 heteroatoms. The number of carbonyl (C=O) groups excluding carboxylic acids is 1. The van der Waals surface area contributed by atoms with E-state index in [0.29, 0.717) is 6.61 Å². The normalized spacial score (nSPS) is 7.73. The third-order valence-electron chi connectivity index (χ3n) is 1.33. The average Bonchev–Trinajstić information content (AvgIpc) is 2.33. The van der Waals surface area contributed by atoms with Crippen LogP contribution in [-0.2, 0) is 24.3 Å². The van der Waals surface area contributed by atoms with Crippen LogP contribution >= 0.6 is 0 Å². The van der Waals surface area contributed by atoms with E-state index in [1.54, 1.807) is 38.3 Å². The quantitative estimate of drug-likeness (QED) is 0.598. The summed E-state index contributed by atoms with van der Waals surface area (Å²) in [6, 6.07) is 9.81. The van der Waals surface area contributed by atoms with Gasteiger partial charge in [0.05, 0.1) is 0 Å². The van der Waals surface area contributed by atoms with Crippen molar-refractivity contribution in [1.29, 1.82) is 0 Å². The SMILES string of the molecule is CC(=O)c1cc[c-]cc1.[CH2-]COC.[O]=[Co]. The van der Waals surface area contributed by atoms with Crippen molar-refractivity contribution in [3.05, 3.63) is 42.8 Å². The first-order chi connectivity index (χ1) is 7.22. The summed E-state index contributed by atoms with van der Waals surface area (Å²) in [6.45, 7) is 5.50. The molecule has 15 heavy (non-hydrogen) atoms. The molecule has 0 aromatic heterocycles. The topological polar surface area (TPSA) is 43.4 Å². The molecule has 0 radical (unpaired) electrons. The van der Waals surface area contributed by atoms with Crippen LogP contribution < -0.4 is 0 Å². The molecule has 0 aliphatic rings. The molecule has 0 fully saturated rings. The van der Waals surface area contributed by atoms with E-state index in [4.69, 9.17) is 3.87 Å². The summed E-state index contributed by atoms with van der Waals surface area (Å²) < 4.78 is 12.4. The minimum absolute atomic E-state index is 0.101. The summed E-state index contributed by atoms with van der Waals surface area (Å²) in [5.74, 6) is 0.101. The summed E-state index contributed by atoms with van der Waals surface area (Å²) in [6.07, 6.45) is 0. The van der Waals surface area contributed by atoms with Gasteiger partial charge in [-0.25, -0.2) is 0 Å². The summed E-state index contributed by atoms with van der Waals surface area (Å²) in [5.41, 5.74) is 0.744. The molecule has 0 saturated carbocycles. The monoisotopic (exact) mass is 253 g/mol. The number of Topliss-reactive ketones (excluding diaryl/α,β-unsaturated/α-hetero) is 1. The molecular formula is C11H14CoO3-2. The Morgan fingerprint density at radius 2 is 1.87 bits per heavy atom. The van der Waals surface area contributed by atoms with Gasteiger partial charge in [-0.2, -0.15) is 30.3 Å². The fourth-order valence-corrected chi connectivity index (χ4v) is 0.622. The summed E-state index contributed by atoms with van der Waals surface area (Å²) >= 11 is 2.31. The Kier molecular flexibility index (Phi) is 14.5. The second kappa shape index (κ2) is 13.2. The van der Waals surface area contributed by atoms with Gasteiger partial charge in [-0.1, -0.05) is 12.2 Å². The van der Waals surface area contributed by atoms with E-state index in [2.05, 4.69) is 33.4 Å². The maximum absolute atomic E-state index is 10.6. The van der Waals surface area contributed by atoms with E-state index in [1.807, 2.05) is 0 Å². The van der Waals surface area contributed by atoms with Crippen LogP contribution in [0.25, 0.3) is 0 Å². The number of rotatable bonds is 2. The summed E-state index contributed by atoms with van der Waals surface area (Å²) in [5, 5.41) is 0. The number of ketones is 1. The van der Waals surface area contributed by atoms with Crippen LogP contribution in [0.3, 0.4) is 0 Å². The van der Waals surface area contributed by atoms with Crippen LogP contribution in [0.2, 0.25) is 0 Å². The molecule has 3 nitrogen and oxygen atoms in total. The van der Waals surface area contributed by atoms with Crippen molar-refractivity contribution in [3.63, 3.8) is 0 Å². The molecule has 0 atom stereocenters. The molecule has 0 spiro atoms. The number of hydrogen-bond donors (Lipinski definition) is 0.